The Bertz CT molecular complexity index is 226. The van der Waals surface area contributed by atoms with Crippen molar-refractivity contribution in [3.05, 3.63) is 0 Å². The molecule has 1 aliphatic rings. The number of ether oxygens (including phenoxy) is 1. The standard InChI is InChI=1S/C14H30N2O2/c1-4-8-15-14(12-17)7-5-6-13(11-14)16(2)9-10-18-3/h13,15,17H,4-12H2,1-3H3. The van der Waals surface area contributed by atoms with Gasteiger partial charge in [0.1, 0.15) is 0 Å². The molecule has 108 valence electrons. The molecule has 0 aromatic heterocycles. The van der Waals surface area contributed by atoms with Gasteiger partial charge in [-0.3, -0.25) is 0 Å². The van der Waals surface area contributed by atoms with Crippen molar-refractivity contribution < 1.29 is 9.84 Å². The van der Waals surface area contributed by atoms with Gasteiger partial charge in [-0.15, -0.1) is 0 Å². The molecule has 0 amide bonds. The molecule has 1 saturated carbocycles. The van der Waals surface area contributed by atoms with E-state index in [1.165, 1.54) is 12.8 Å². The van der Waals surface area contributed by atoms with Crippen molar-refractivity contribution in [1.29, 1.82) is 0 Å². The quantitative estimate of drug-likeness (QED) is 0.687. The fraction of sp³-hybridized carbons (Fsp3) is 1.00. The topological polar surface area (TPSA) is 44.7 Å². The number of nitrogens with one attached hydrogen (secondary N) is 1. The van der Waals surface area contributed by atoms with Gasteiger partial charge in [0.15, 0.2) is 0 Å². The van der Waals surface area contributed by atoms with Crippen LogP contribution in [-0.2, 0) is 4.74 Å². The highest BCUT2D eigenvalue weighted by atomic mass is 16.5. The second-order valence-electron chi connectivity index (χ2n) is 5.59. The van der Waals surface area contributed by atoms with E-state index < -0.39 is 0 Å². The van der Waals surface area contributed by atoms with Crippen LogP contribution in [0.5, 0.6) is 0 Å². The Morgan fingerprint density at radius 1 is 1.50 bits per heavy atom. The lowest BCUT2D eigenvalue weighted by atomic mass is 9.79. The predicted molar refractivity (Wildman–Crippen MR) is 74.9 cm³/mol. The number of likely N-dealkylation sites (N-methyl/N-ethyl adjacent to an activating group) is 1. The third-order valence-electron chi connectivity index (χ3n) is 4.14. The van der Waals surface area contributed by atoms with Crippen LogP contribution in [0.15, 0.2) is 0 Å². The van der Waals surface area contributed by atoms with Gasteiger partial charge in [-0.25, -0.2) is 0 Å². The molecule has 4 nitrogen and oxygen atoms in total. The molecule has 0 heterocycles. The van der Waals surface area contributed by atoms with Crippen LogP contribution in [0.3, 0.4) is 0 Å². The van der Waals surface area contributed by atoms with Crippen LogP contribution >= 0.6 is 0 Å². The summed E-state index contributed by atoms with van der Waals surface area (Å²) in [4.78, 5) is 2.38. The van der Waals surface area contributed by atoms with E-state index in [-0.39, 0.29) is 12.1 Å². The van der Waals surface area contributed by atoms with E-state index in [9.17, 15) is 5.11 Å². The molecule has 0 saturated heterocycles. The molecule has 1 aliphatic carbocycles. The average molecular weight is 258 g/mol. The Morgan fingerprint density at radius 2 is 2.28 bits per heavy atom. The predicted octanol–water partition coefficient (Wildman–Crippen LogP) is 1.24. The van der Waals surface area contributed by atoms with Crippen LogP contribution in [0.1, 0.15) is 39.0 Å². The zero-order valence-corrected chi connectivity index (χ0v) is 12.2. The second kappa shape index (κ2) is 8.10. The van der Waals surface area contributed by atoms with E-state index in [4.69, 9.17) is 4.74 Å². The Labute approximate surface area is 112 Å². The molecule has 1 fully saturated rings. The smallest absolute Gasteiger partial charge is 0.0613 e. The largest absolute Gasteiger partial charge is 0.394 e. The summed E-state index contributed by atoms with van der Waals surface area (Å²) < 4.78 is 5.14. The summed E-state index contributed by atoms with van der Waals surface area (Å²) in [6, 6.07) is 0.561. The molecule has 18 heavy (non-hydrogen) atoms. The third kappa shape index (κ3) is 4.50. The van der Waals surface area contributed by atoms with Crippen molar-refractivity contribution in [1.82, 2.24) is 10.2 Å². The van der Waals surface area contributed by atoms with Gasteiger partial charge in [-0.2, -0.15) is 0 Å². The molecular formula is C14H30N2O2. The highest BCUT2D eigenvalue weighted by molar-refractivity contribution is 4.95. The summed E-state index contributed by atoms with van der Waals surface area (Å²) in [7, 11) is 3.91. The molecule has 0 spiro atoms. The van der Waals surface area contributed by atoms with E-state index in [2.05, 4.69) is 24.2 Å². The molecule has 0 bridgehead atoms. The van der Waals surface area contributed by atoms with Crippen LogP contribution < -0.4 is 5.32 Å². The first-order valence-corrected chi connectivity index (χ1v) is 7.22. The maximum Gasteiger partial charge on any atom is 0.0613 e. The molecule has 1 rings (SSSR count). The Balaban J connectivity index is 2.51. The van der Waals surface area contributed by atoms with Gasteiger partial charge in [0.05, 0.1) is 13.2 Å². The number of aliphatic hydroxyl groups is 1. The molecule has 0 aromatic carbocycles. The average Bonchev–Trinajstić information content (AvgIpc) is 2.42. The van der Waals surface area contributed by atoms with Gasteiger partial charge in [-0.1, -0.05) is 6.92 Å². The number of methoxy groups -OCH3 is 1. The molecule has 0 aromatic rings. The highest BCUT2D eigenvalue weighted by Crippen LogP contribution is 2.30. The Kier molecular flexibility index (Phi) is 7.15. The summed E-state index contributed by atoms with van der Waals surface area (Å²) in [5.41, 5.74) is -0.0553. The fourth-order valence-electron chi connectivity index (χ4n) is 2.88. The van der Waals surface area contributed by atoms with E-state index >= 15 is 0 Å². The molecule has 2 unspecified atom stereocenters. The van der Waals surface area contributed by atoms with Gasteiger partial charge in [-0.05, 0) is 45.7 Å². The summed E-state index contributed by atoms with van der Waals surface area (Å²) >= 11 is 0. The van der Waals surface area contributed by atoms with Crippen molar-refractivity contribution in [3.63, 3.8) is 0 Å². The number of rotatable bonds is 8. The number of hydrogen-bond acceptors (Lipinski definition) is 4. The van der Waals surface area contributed by atoms with Gasteiger partial charge in [0.25, 0.3) is 0 Å². The van der Waals surface area contributed by atoms with E-state index in [0.29, 0.717) is 6.04 Å². The minimum absolute atomic E-state index is 0.0553. The van der Waals surface area contributed by atoms with Crippen molar-refractivity contribution in [2.24, 2.45) is 0 Å². The van der Waals surface area contributed by atoms with Crippen molar-refractivity contribution in [2.75, 3.05) is 40.5 Å². The van der Waals surface area contributed by atoms with Crippen molar-refractivity contribution in [3.8, 4) is 0 Å². The fourth-order valence-corrected chi connectivity index (χ4v) is 2.88. The Hall–Kier alpha value is -0.160. The lowest BCUT2D eigenvalue weighted by Crippen LogP contribution is -2.55. The SMILES string of the molecule is CCCNC1(CO)CCCC(N(C)CCOC)C1. The first-order chi connectivity index (χ1) is 8.67. The summed E-state index contributed by atoms with van der Waals surface area (Å²) in [6.45, 7) is 5.16. The van der Waals surface area contributed by atoms with Crippen LogP contribution in [0.2, 0.25) is 0 Å². The summed E-state index contributed by atoms with van der Waals surface area (Å²) in [5, 5.41) is 13.3. The maximum atomic E-state index is 9.74. The Morgan fingerprint density at radius 3 is 2.89 bits per heavy atom. The lowest BCUT2D eigenvalue weighted by molar-refractivity contribution is 0.0581. The highest BCUT2D eigenvalue weighted by Gasteiger charge is 2.36. The van der Waals surface area contributed by atoms with Gasteiger partial charge in [0.2, 0.25) is 0 Å². The second-order valence-corrected chi connectivity index (χ2v) is 5.59. The van der Waals surface area contributed by atoms with Crippen LogP contribution in [-0.4, -0.2) is 62.0 Å². The minimum Gasteiger partial charge on any atom is -0.394 e. The zero-order chi connectivity index (χ0) is 13.4. The van der Waals surface area contributed by atoms with Crippen LogP contribution in [0.4, 0.5) is 0 Å². The van der Waals surface area contributed by atoms with Gasteiger partial charge < -0.3 is 20.1 Å². The first kappa shape index (κ1) is 15.9. The van der Waals surface area contributed by atoms with Crippen LogP contribution in [0.25, 0.3) is 0 Å². The van der Waals surface area contributed by atoms with Crippen molar-refractivity contribution >= 4 is 0 Å². The molecule has 0 radical (unpaired) electrons. The molecule has 2 N–H and O–H groups in total. The lowest BCUT2D eigenvalue weighted by Gasteiger charge is -2.43. The molecule has 0 aliphatic heterocycles. The van der Waals surface area contributed by atoms with Gasteiger partial charge in [0, 0.05) is 25.2 Å². The molecule has 4 heteroatoms. The number of hydrogen-bond donors (Lipinski definition) is 2. The van der Waals surface area contributed by atoms with E-state index in [1.807, 2.05) is 0 Å². The maximum absolute atomic E-state index is 9.74. The zero-order valence-electron chi connectivity index (χ0n) is 12.2. The monoisotopic (exact) mass is 258 g/mol. The normalized spacial score (nSPS) is 28.8. The third-order valence-corrected chi connectivity index (χ3v) is 4.14. The van der Waals surface area contributed by atoms with Crippen LogP contribution in [0, 0.1) is 0 Å². The molecular weight excluding hydrogens is 228 g/mol. The summed E-state index contributed by atoms with van der Waals surface area (Å²) in [5.74, 6) is 0. The summed E-state index contributed by atoms with van der Waals surface area (Å²) in [6.07, 6.45) is 5.68. The first-order valence-electron chi connectivity index (χ1n) is 7.22. The minimum atomic E-state index is -0.0553. The van der Waals surface area contributed by atoms with E-state index in [0.717, 1.165) is 39.0 Å². The van der Waals surface area contributed by atoms with E-state index in [1.54, 1.807) is 7.11 Å². The number of nitrogens with zero attached hydrogens (tertiary/aromatic N) is 1. The van der Waals surface area contributed by atoms with Crippen molar-refractivity contribution in [2.45, 2.75) is 50.6 Å². The van der Waals surface area contributed by atoms with Gasteiger partial charge >= 0.3 is 0 Å². The molecule has 2 atom stereocenters. The number of aliphatic hydroxyl groups excluding tert-OH is 1.